The van der Waals surface area contributed by atoms with Crippen molar-refractivity contribution in [3.05, 3.63) is 43.1 Å². The summed E-state index contributed by atoms with van der Waals surface area (Å²) >= 11 is 8.20. The Balaban J connectivity index is 1.62. The first kappa shape index (κ1) is 16.9. The van der Waals surface area contributed by atoms with Crippen LogP contribution in [-0.2, 0) is 11.3 Å². The Morgan fingerprint density at radius 2 is 2.13 bits per heavy atom. The number of hydrogen-bond acceptors (Lipinski definition) is 5. The van der Waals surface area contributed by atoms with Crippen molar-refractivity contribution in [2.45, 2.75) is 6.54 Å². The molecule has 0 bridgehead atoms. The van der Waals surface area contributed by atoms with Crippen molar-refractivity contribution in [1.29, 1.82) is 0 Å². The molecule has 3 rings (SSSR count). The fraction of sp³-hybridized carbons (Fsp3) is 0.333. The molecule has 5 nitrogen and oxygen atoms in total. The minimum atomic E-state index is -0.0777. The number of amides is 1. The molecule has 0 aromatic carbocycles. The summed E-state index contributed by atoms with van der Waals surface area (Å²) in [4.78, 5) is 19.5. The van der Waals surface area contributed by atoms with E-state index in [1.54, 1.807) is 6.20 Å². The Morgan fingerprint density at radius 1 is 1.35 bits per heavy atom. The number of halogens is 2. The van der Waals surface area contributed by atoms with E-state index >= 15 is 0 Å². The predicted octanol–water partition coefficient (Wildman–Crippen LogP) is 3.43. The molecule has 0 unspecified atom stereocenters. The summed E-state index contributed by atoms with van der Waals surface area (Å²) in [6, 6.07) is 5.76. The summed E-state index contributed by atoms with van der Waals surface area (Å²) in [5.41, 5.74) is 1.03. The van der Waals surface area contributed by atoms with Crippen LogP contribution in [0.1, 0.15) is 15.2 Å². The van der Waals surface area contributed by atoms with Gasteiger partial charge in [-0.25, -0.2) is 4.98 Å². The molecular weight excluding hydrogens is 446 g/mol. The molecule has 0 radical (unpaired) electrons. The standard InChI is InChI=1S/C15H15Br2N3O2S/c16-11-8-12(23-14(11)17)15(21)19-9-10-1-2-18-13(7-10)20-3-5-22-6-4-20/h1-2,7-8H,3-6,9H2,(H,19,21). The van der Waals surface area contributed by atoms with Crippen LogP contribution >= 0.6 is 43.2 Å². The summed E-state index contributed by atoms with van der Waals surface area (Å²) in [5, 5.41) is 2.94. The van der Waals surface area contributed by atoms with Gasteiger partial charge in [-0.05, 0) is 55.6 Å². The zero-order valence-electron chi connectivity index (χ0n) is 12.2. The van der Waals surface area contributed by atoms with Crippen LogP contribution in [0.4, 0.5) is 5.82 Å². The molecule has 2 aromatic rings. The van der Waals surface area contributed by atoms with Crippen molar-refractivity contribution in [3.8, 4) is 0 Å². The lowest BCUT2D eigenvalue weighted by atomic mass is 10.2. The van der Waals surface area contributed by atoms with Gasteiger partial charge < -0.3 is 15.0 Å². The van der Waals surface area contributed by atoms with Crippen molar-refractivity contribution >= 4 is 54.9 Å². The highest BCUT2D eigenvalue weighted by molar-refractivity contribution is 9.13. The average Bonchev–Trinajstić information content (AvgIpc) is 2.93. The molecule has 2 aromatic heterocycles. The van der Waals surface area contributed by atoms with Crippen LogP contribution < -0.4 is 10.2 Å². The Morgan fingerprint density at radius 3 is 2.83 bits per heavy atom. The third-order valence-corrected chi connectivity index (χ3v) is 6.72. The number of hydrogen-bond donors (Lipinski definition) is 1. The van der Waals surface area contributed by atoms with E-state index in [4.69, 9.17) is 4.74 Å². The van der Waals surface area contributed by atoms with E-state index in [2.05, 4.69) is 47.1 Å². The first-order valence-corrected chi connectivity index (χ1v) is 9.54. The number of carbonyl (C=O) groups excluding carboxylic acids is 1. The monoisotopic (exact) mass is 459 g/mol. The zero-order valence-corrected chi connectivity index (χ0v) is 16.2. The van der Waals surface area contributed by atoms with Crippen LogP contribution in [0, 0.1) is 0 Å². The highest BCUT2D eigenvalue weighted by Gasteiger charge is 2.14. The molecular formula is C15H15Br2N3O2S. The number of thiophene rings is 1. The van der Waals surface area contributed by atoms with Crippen molar-refractivity contribution < 1.29 is 9.53 Å². The second-order valence-corrected chi connectivity index (χ2v) is 8.26. The molecule has 1 fully saturated rings. The topological polar surface area (TPSA) is 54.5 Å². The van der Waals surface area contributed by atoms with Gasteiger partial charge in [0.15, 0.2) is 0 Å². The van der Waals surface area contributed by atoms with Crippen molar-refractivity contribution in [2.24, 2.45) is 0 Å². The molecule has 1 N–H and O–H groups in total. The Kier molecular flexibility index (Phi) is 5.68. The molecule has 0 spiro atoms. The van der Waals surface area contributed by atoms with Crippen LogP contribution in [0.2, 0.25) is 0 Å². The quantitative estimate of drug-likeness (QED) is 0.759. The number of pyridine rings is 1. The second-order valence-electron chi connectivity index (χ2n) is 5.04. The van der Waals surface area contributed by atoms with Crippen molar-refractivity contribution in [2.75, 3.05) is 31.2 Å². The minimum absolute atomic E-state index is 0.0777. The molecule has 122 valence electrons. The molecule has 0 atom stereocenters. The highest BCUT2D eigenvalue weighted by atomic mass is 79.9. The van der Waals surface area contributed by atoms with Crippen LogP contribution in [0.15, 0.2) is 32.7 Å². The highest BCUT2D eigenvalue weighted by Crippen LogP contribution is 2.32. The summed E-state index contributed by atoms with van der Waals surface area (Å²) in [7, 11) is 0. The van der Waals surface area contributed by atoms with Crippen LogP contribution in [-0.4, -0.2) is 37.2 Å². The van der Waals surface area contributed by atoms with Gasteiger partial charge in [-0.3, -0.25) is 4.79 Å². The number of aromatic nitrogens is 1. The van der Waals surface area contributed by atoms with Crippen molar-refractivity contribution in [1.82, 2.24) is 10.3 Å². The van der Waals surface area contributed by atoms with Gasteiger partial charge in [0.05, 0.1) is 21.9 Å². The number of morpholine rings is 1. The van der Waals surface area contributed by atoms with E-state index in [-0.39, 0.29) is 5.91 Å². The number of rotatable bonds is 4. The molecule has 1 aliphatic heterocycles. The predicted molar refractivity (Wildman–Crippen MR) is 98.2 cm³/mol. The normalized spacial score (nSPS) is 14.8. The van der Waals surface area contributed by atoms with E-state index in [0.29, 0.717) is 11.4 Å². The Hall–Kier alpha value is -0.960. The summed E-state index contributed by atoms with van der Waals surface area (Å²) in [6.07, 6.45) is 1.78. The van der Waals surface area contributed by atoms with E-state index in [0.717, 1.165) is 45.9 Å². The number of anilines is 1. The lowest BCUT2D eigenvalue weighted by Gasteiger charge is -2.28. The van der Waals surface area contributed by atoms with Crippen LogP contribution in [0.3, 0.4) is 0 Å². The van der Waals surface area contributed by atoms with E-state index < -0.39 is 0 Å². The molecule has 0 saturated carbocycles. The maximum Gasteiger partial charge on any atom is 0.261 e. The molecule has 3 heterocycles. The smallest absolute Gasteiger partial charge is 0.261 e. The van der Waals surface area contributed by atoms with Crippen LogP contribution in [0.5, 0.6) is 0 Å². The van der Waals surface area contributed by atoms with Gasteiger partial charge in [0, 0.05) is 30.3 Å². The molecule has 1 amide bonds. The van der Waals surface area contributed by atoms with Crippen LogP contribution in [0.25, 0.3) is 0 Å². The maximum atomic E-state index is 12.2. The van der Waals surface area contributed by atoms with E-state index in [1.807, 2.05) is 18.2 Å². The fourth-order valence-corrected chi connectivity index (χ4v) is 4.22. The molecule has 8 heteroatoms. The third kappa shape index (κ3) is 4.32. The summed E-state index contributed by atoms with van der Waals surface area (Å²) < 4.78 is 7.17. The Bertz CT molecular complexity index is 682. The van der Waals surface area contributed by atoms with E-state index in [9.17, 15) is 4.79 Å². The van der Waals surface area contributed by atoms with Gasteiger partial charge in [-0.1, -0.05) is 0 Å². The molecule has 23 heavy (non-hydrogen) atoms. The van der Waals surface area contributed by atoms with Gasteiger partial charge in [0.25, 0.3) is 5.91 Å². The number of nitrogens with one attached hydrogen (secondary N) is 1. The van der Waals surface area contributed by atoms with Gasteiger partial charge in [0.1, 0.15) is 5.82 Å². The van der Waals surface area contributed by atoms with Gasteiger partial charge >= 0.3 is 0 Å². The molecule has 0 aliphatic carbocycles. The largest absolute Gasteiger partial charge is 0.378 e. The number of nitrogens with zero attached hydrogens (tertiary/aromatic N) is 2. The molecule has 1 aliphatic rings. The van der Waals surface area contributed by atoms with Crippen molar-refractivity contribution in [3.63, 3.8) is 0 Å². The number of carbonyl (C=O) groups is 1. The second kappa shape index (κ2) is 7.74. The first-order chi connectivity index (χ1) is 11.1. The Labute approximate surface area is 155 Å². The lowest BCUT2D eigenvalue weighted by molar-refractivity contribution is 0.0955. The zero-order chi connectivity index (χ0) is 16.2. The van der Waals surface area contributed by atoms with Gasteiger partial charge in [-0.2, -0.15) is 0 Å². The van der Waals surface area contributed by atoms with Gasteiger partial charge in [-0.15, -0.1) is 11.3 Å². The minimum Gasteiger partial charge on any atom is -0.378 e. The lowest BCUT2D eigenvalue weighted by Crippen LogP contribution is -2.36. The average molecular weight is 461 g/mol. The SMILES string of the molecule is O=C(NCc1ccnc(N2CCOCC2)c1)c1cc(Br)c(Br)s1. The summed E-state index contributed by atoms with van der Waals surface area (Å²) in [5.74, 6) is 0.854. The van der Waals surface area contributed by atoms with Gasteiger partial charge in [0.2, 0.25) is 0 Å². The number of ether oxygens (including phenoxy) is 1. The van der Waals surface area contributed by atoms with E-state index in [1.165, 1.54) is 11.3 Å². The molecule has 1 saturated heterocycles. The maximum absolute atomic E-state index is 12.2. The fourth-order valence-electron chi connectivity index (χ4n) is 2.26. The third-order valence-electron chi connectivity index (χ3n) is 3.47. The summed E-state index contributed by atoms with van der Waals surface area (Å²) in [6.45, 7) is 3.63. The first-order valence-electron chi connectivity index (χ1n) is 7.14.